The lowest BCUT2D eigenvalue weighted by Crippen LogP contribution is -2.15. The van der Waals surface area contributed by atoms with Crippen molar-refractivity contribution in [2.24, 2.45) is 0 Å². The van der Waals surface area contributed by atoms with E-state index in [9.17, 15) is 4.79 Å². The van der Waals surface area contributed by atoms with E-state index in [0.717, 1.165) is 0 Å². The van der Waals surface area contributed by atoms with Crippen molar-refractivity contribution in [1.82, 2.24) is 5.32 Å². The summed E-state index contributed by atoms with van der Waals surface area (Å²) in [5, 5.41) is 5.00. The summed E-state index contributed by atoms with van der Waals surface area (Å²) in [4.78, 5) is 11.9. The minimum atomic E-state index is -0.316. The van der Waals surface area contributed by atoms with Gasteiger partial charge in [0.1, 0.15) is 5.75 Å². The van der Waals surface area contributed by atoms with Gasteiger partial charge in [0.25, 0.3) is 5.91 Å². The SMILES string of the molecule is COc1ccc(C(=O)[N]Cc2c(Cl)cccc2Cl)cc1. The van der Waals surface area contributed by atoms with Crippen LogP contribution in [0.2, 0.25) is 10.0 Å². The number of rotatable bonds is 4. The van der Waals surface area contributed by atoms with Crippen molar-refractivity contribution in [2.75, 3.05) is 7.11 Å². The van der Waals surface area contributed by atoms with Crippen LogP contribution >= 0.6 is 23.2 Å². The molecule has 103 valence electrons. The molecule has 0 fully saturated rings. The second-order valence-corrected chi connectivity index (χ2v) is 4.86. The fourth-order valence-corrected chi connectivity index (χ4v) is 2.18. The molecule has 2 rings (SSSR count). The zero-order valence-electron chi connectivity index (χ0n) is 10.8. The molecular weight excluding hydrogens is 297 g/mol. The van der Waals surface area contributed by atoms with Crippen LogP contribution in [0.5, 0.6) is 5.75 Å². The van der Waals surface area contributed by atoms with Crippen molar-refractivity contribution < 1.29 is 9.53 Å². The largest absolute Gasteiger partial charge is 0.497 e. The standard InChI is InChI=1S/C15H12Cl2NO2/c1-20-11-7-5-10(6-8-11)15(19)18-9-12-13(16)3-2-4-14(12)17/h2-8H,9H2,1H3. The van der Waals surface area contributed by atoms with Gasteiger partial charge in [-0.2, -0.15) is 0 Å². The van der Waals surface area contributed by atoms with Crippen molar-refractivity contribution in [2.45, 2.75) is 6.54 Å². The molecule has 0 heterocycles. The van der Waals surface area contributed by atoms with E-state index in [1.165, 1.54) is 0 Å². The third-order valence-corrected chi connectivity index (χ3v) is 3.49. The molecule has 0 atom stereocenters. The number of nitrogens with zero attached hydrogens (tertiary/aromatic N) is 1. The van der Waals surface area contributed by atoms with E-state index in [1.807, 2.05) is 0 Å². The molecule has 0 N–H and O–H groups in total. The summed E-state index contributed by atoms with van der Waals surface area (Å²) < 4.78 is 5.03. The lowest BCUT2D eigenvalue weighted by atomic mass is 10.2. The Balaban J connectivity index is 2.04. The Labute approximate surface area is 127 Å². The van der Waals surface area contributed by atoms with Gasteiger partial charge in [-0.1, -0.05) is 29.3 Å². The van der Waals surface area contributed by atoms with E-state index >= 15 is 0 Å². The first-order valence-electron chi connectivity index (χ1n) is 5.90. The molecule has 0 aliphatic rings. The Morgan fingerprint density at radius 3 is 2.25 bits per heavy atom. The highest BCUT2D eigenvalue weighted by Gasteiger charge is 2.11. The minimum absolute atomic E-state index is 0.156. The van der Waals surface area contributed by atoms with Crippen molar-refractivity contribution >= 4 is 29.1 Å². The van der Waals surface area contributed by atoms with Gasteiger partial charge in [-0.3, -0.25) is 4.79 Å². The number of halogens is 2. The molecule has 0 saturated carbocycles. The summed E-state index contributed by atoms with van der Waals surface area (Å²) in [5.74, 6) is 0.374. The highest BCUT2D eigenvalue weighted by Crippen LogP contribution is 2.24. The van der Waals surface area contributed by atoms with Crippen molar-refractivity contribution in [3.63, 3.8) is 0 Å². The Morgan fingerprint density at radius 2 is 1.70 bits per heavy atom. The molecule has 3 nitrogen and oxygen atoms in total. The molecule has 2 aromatic rings. The molecule has 0 bridgehead atoms. The Bertz CT molecular complexity index is 592. The van der Waals surface area contributed by atoms with Gasteiger partial charge in [0.2, 0.25) is 0 Å². The number of amides is 1. The van der Waals surface area contributed by atoms with E-state index in [1.54, 1.807) is 49.6 Å². The maximum Gasteiger partial charge on any atom is 0.272 e. The first-order chi connectivity index (χ1) is 9.61. The van der Waals surface area contributed by atoms with Crippen LogP contribution in [0.3, 0.4) is 0 Å². The van der Waals surface area contributed by atoms with Gasteiger partial charge in [-0.25, -0.2) is 5.32 Å². The topological polar surface area (TPSA) is 40.4 Å². The smallest absolute Gasteiger partial charge is 0.272 e. The average Bonchev–Trinajstić information content (AvgIpc) is 2.46. The molecule has 0 saturated heterocycles. The summed E-state index contributed by atoms with van der Waals surface area (Å²) >= 11 is 12.1. The second-order valence-electron chi connectivity index (χ2n) is 4.05. The number of ether oxygens (including phenoxy) is 1. The van der Waals surface area contributed by atoms with E-state index in [0.29, 0.717) is 26.9 Å². The van der Waals surface area contributed by atoms with Crippen molar-refractivity contribution in [3.8, 4) is 5.75 Å². The van der Waals surface area contributed by atoms with Gasteiger partial charge in [-0.15, -0.1) is 0 Å². The quantitative estimate of drug-likeness (QED) is 0.858. The highest BCUT2D eigenvalue weighted by molar-refractivity contribution is 6.36. The molecule has 20 heavy (non-hydrogen) atoms. The maximum atomic E-state index is 11.9. The molecule has 0 spiro atoms. The second kappa shape index (κ2) is 6.64. The summed E-state index contributed by atoms with van der Waals surface area (Å²) in [6, 6.07) is 11.9. The van der Waals surface area contributed by atoms with Crippen LogP contribution in [-0.4, -0.2) is 13.0 Å². The van der Waals surface area contributed by atoms with Gasteiger partial charge in [0, 0.05) is 21.2 Å². The molecule has 0 unspecified atom stereocenters. The van der Waals surface area contributed by atoms with Gasteiger partial charge in [-0.05, 0) is 36.4 Å². The molecule has 1 amide bonds. The van der Waals surface area contributed by atoms with Crippen LogP contribution < -0.4 is 10.1 Å². The van der Waals surface area contributed by atoms with Gasteiger partial charge < -0.3 is 4.74 Å². The van der Waals surface area contributed by atoms with Crippen LogP contribution in [-0.2, 0) is 6.54 Å². The van der Waals surface area contributed by atoms with Crippen LogP contribution in [0.4, 0.5) is 0 Å². The summed E-state index contributed by atoms with van der Waals surface area (Å²) in [6.45, 7) is 0.156. The normalized spacial score (nSPS) is 10.2. The fourth-order valence-electron chi connectivity index (χ4n) is 1.66. The third-order valence-electron chi connectivity index (χ3n) is 2.78. The lowest BCUT2D eigenvalue weighted by Gasteiger charge is -2.07. The van der Waals surface area contributed by atoms with Crippen LogP contribution in [0.15, 0.2) is 42.5 Å². The molecule has 0 aromatic heterocycles. The molecule has 0 aliphatic heterocycles. The van der Waals surface area contributed by atoms with Crippen LogP contribution in [0.1, 0.15) is 15.9 Å². The Morgan fingerprint density at radius 1 is 1.10 bits per heavy atom. The number of benzene rings is 2. The molecule has 1 radical (unpaired) electrons. The number of methoxy groups -OCH3 is 1. The van der Waals surface area contributed by atoms with E-state index in [4.69, 9.17) is 27.9 Å². The average molecular weight is 309 g/mol. The first-order valence-corrected chi connectivity index (χ1v) is 6.66. The van der Waals surface area contributed by atoms with Crippen LogP contribution in [0, 0.1) is 0 Å². The number of carbonyl (C=O) groups is 1. The van der Waals surface area contributed by atoms with Gasteiger partial charge in [0.05, 0.1) is 13.7 Å². The third kappa shape index (κ3) is 3.44. The van der Waals surface area contributed by atoms with Crippen molar-refractivity contribution in [1.29, 1.82) is 0 Å². The lowest BCUT2D eigenvalue weighted by molar-refractivity contribution is 0.0946. The van der Waals surface area contributed by atoms with E-state index in [2.05, 4.69) is 5.32 Å². The monoisotopic (exact) mass is 308 g/mol. The van der Waals surface area contributed by atoms with Gasteiger partial charge >= 0.3 is 0 Å². The number of hydrogen-bond donors (Lipinski definition) is 0. The first kappa shape index (κ1) is 14.7. The summed E-state index contributed by atoms with van der Waals surface area (Å²) in [7, 11) is 1.57. The zero-order chi connectivity index (χ0) is 14.5. The Kier molecular flexibility index (Phi) is 4.88. The maximum absolute atomic E-state index is 11.9. The predicted molar refractivity (Wildman–Crippen MR) is 79.6 cm³/mol. The van der Waals surface area contributed by atoms with E-state index in [-0.39, 0.29) is 12.5 Å². The minimum Gasteiger partial charge on any atom is -0.497 e. The van der Waals surface area contributed by atoms with Crippen LogP contribution in [0.25, 0.3) is 0 Å². The molecule has 5 heteroatoms. The zero-order valence-corrected chi connectivity index (χ0v) is 12.3. The van der Waals surface area contributed by atoms with Crippen molar-refractivity contribution in [3.05, 3.63) is 63.6 Å². The molecule has 2 aromatic carbocycles. The number of hydrogen-bond acceptors (Lipinski definition) is 2. The predicted octanol–water partition coefficient (Wildman–Crippen LogP) is 3.95. The number of carbonyl (C=O) groups excluding carboxylic acids is 1. The Hall–Kier alpha value is -1.71. The van der Waals surface area contributed by atoms with Gasteiger partial charge in [0.15, 0.2) is 0 Å². The van der Waals surface area contributed by atoms with E-state index < -0.39 is 0 Å². The fraction of sp³-hybridized carbons (Fsp3) is 0.133. The molecular formula is C15H12Cl2NO2. The summed E-state index contributed by atoms with van der Waals surface area (Å²) in [6.07, 6.45) is 0. The molecule has 0 aliphatic carbocycles. The highest BCUT2D eigenvalue weighted by atomic mass is 35.5. The summed E-state index contributed by atoms with van der Waals surface area (Å²) in [5.41, 5.74) is 1.15.